The topological polar surface area (TPSA) is 32.3 Å². The van der Waals surface area contributed by atoms with Gasteiger partial charge in [0.05, 0.1) is 6.54 Å². The van der Waals surface area contributed by atoms with Crippen molar-refractivity contribution in [1.82, 2.24) is 4.90 Å². The summed E-state index contributed by atoms with van der Waals surface area (Å²) >= 11 is 0. The fraction of sp³-hybridized carbons (Fsp3) is 0.471. The van der Waals surface area contributed by atoms with Crippen molar-refractivity contribution in [3.8, 4) is 11.8 Å². The fourth-order valence-corrected chi connectivity index (χ4v) is 2.03. The Morgan fingerprint density at radius 3 is 2.15 bits per heavy atom. The summed E-state index contributed by atoms with van der Waals surface area (Å²) in [5.41, 5.74) is 1.76. The number of rotatable bonds is 4. The van der Waals surface area contributed by atoms with Crippen LogP contribution in [-0.4, -0.2) is 29.4 Å². The van der Waals surface area contributed by atoms with Gasteiger partial charge in [0.25, 0.3) is 0 Å². The Morgan fingerprint density at radius 2 is 1.70 bits per heavy atom. The Bertz CT molecular complexity index is 484. The van der Waals surface area contributed by atoms with Crippen LogP contribution in [0.5, 0.6) is 0 Å². The lowest BCUT2D eigenvalue weighted by molar-refractivity contribution is -0.114. The quantitative estimate of drug-likeness (QED) is 0.854. The third kappa shape index (κ3) is 5.46. The number of amides is 1. The van der Waals surface area contributed by atoms with Crippen LogP contribution in [0.1, 0.15) is 40.2 Å². The zero-order valence-corrected chi connectivity index (χ0v) is 13.0. The van der Waals surface area contributed by atoms with Crippen molar-refractivity contribution < 1.29 is 4.79 Å². The van der Waals surface area contributed by atoms with Crippen molar-refractivity contribution in [3.05, 3.63) is 29.8 Å². The van der Waals surface area contributed by atoms with E-state index in [9.17, 15) is 4.79 Å². The Labute approximate surface area is 122 Å². The monoisotopic (exact) mass is 272 g/mol. The van der Waals surface area contributed by atoms with Gasteiger partial charge in [-0.1, -0.05) is 11.8 Å². The lowest BCUT2D eigenvalue weighted by Crippen LogP contribution is -2.37. The molecule has 0 heterocycles. The zero-order chi connectivity index (χ0) is 15.1. The van der Waals surface area contributed by atoms with Crippen LogP contribution in [0.4, 0.5) is 5.69 Å². The fourth-order valence-electron chi connectivity index (χ4n) is 2.03. The maximum absolute atomic E-state index is 10.9. The number of benzene rings is 1. The summed E-state index contributed by atoms with van der Waals surface area (Å²) in [5, 5.41) is 2.74. The highest BCUT2D eigenvalue weighted by molar-refractivity contribution is 5.88. The van der Waals surface area contributed by atoms with Gasteiger partial charge >= 0.3 is 0 Å². The largest absolute Gasteiger partial charge is 0.326 e. The summed E-state index contributed by atoms with van der Waals surface area (Å²) in [6, 6.07) is 8.57. The molecular weight excluding hydrogens is 248 g/mol. The van der Waals surface area contributed by atoms with Crippen LogP contribution in [0, 0.1) is 11.8 Å². The van der Waals surface area contributed by atoms with Crippen LogP contribution in [-0.2, 0) is 4.79 Å². The highest BCUT2D eigenvalue weighted by Crippen LogP contribution is 2.08. The number of hydrogen-bond acceptors (Lipinski definition) is 2. The molecule has 3 heteroatoms. The molecule has 3 nitrogen and oxygen atoms in total. The van der Waals surface area contributed by atoms with E-state index in [0.29, 0.717) is 12.1 Å². The molecule has 0 unspecified atom stereocenters. The third-order valence-corrected chi connectivity index (χ3v) is 3.03. The molecule has 1 rings (SSSR count). The van der Waals surface area contributed by atoms with E-state index in [0.717, 1.165) is 17.8 Å². The van der Waals surface area contributed by atoms with E-state index in [1.165, 1.54) is 6.92 Å². The van der Waals surface area contributed by atoms with E-state index in [2.05, 4.69) is 49.8 Å². The minimum absolute atomic E-state index is 0.0617. The van der Waals surface area contributed by atoms with Gasteiger partial charge in [-0.3, -0.25) is 9.69 Å². The maximum Gasteiger partial charge on any atom is 0.221 e. The van der Waals surface area contributed by atoms with Gasteiger partial charge in [-0.05, 0) is 52.0 Å². The molecule has 0 atom stereocenters. The lowest BCUT2D eigenvalue weighted by atomic mass is 10.2. The number of anilines is 1. The minimum atomic E-state index is -0.0617. The molecule has 1 amide bonds. The number of nitrogens with one attached hydrogen (secondary N) is 1. The first-order valence-electron chi connectivity index (χ1n) is 7.02. The van der Waals surface area contributed by atoms with Crippen molar-refractivity contribution in [1.29, 1.82) is 0 Å². The van der Waals surface area contributed by atoms with Crippen LogP contribution >= 0.6 is 0 Å². The molecule has 0 aromatic heterocycles. The predicted octanol–water partition coefficient (Wildman–Crippen LogP) is 3.12. The molecule has 1 aromatic rings. The van der Waals surface area contributed by atoms with Crippen LogP contribution in [0.2, 0.25) is 0 Å². The maximum atomic E-state index is 10.9. The predicted molar refractivity (Wildman–Crippen MR) is 84.6 cm³/mol. The van der Waals surface area contributed by atoms with Gasteiger partial charge in [-0.2, -0.15) is 0 Å². The summed E-state index contributed by atoms with van der Waals surface area (Å²) in [6.07, 6.45) is 0. The van der Waals surface area contributed by atoms with Crippen LogP contribution < -0.4 is 5.32 Å². The number of hydrogen-bond donors (Lipinski definition) is 1. The van der Waals surface area contributed by atoms with Gasteiger partial charge in [0.1, 0.15) is 0 Å². The molecule has 108 valence electrons. The average molecular weight is 272 g/mol. The van der Waals surface area contributed by atoms with Crippen molar-refractivity contribution >= 4 is 11.6 Å². The first kappa shape index (κ1) is 16.3. The Morgan fingerprint density at radius 1 is 1.15 bits per heavy atom. The molecule has 0 saturated heterocycles. The second-order valence-corrected chi connectivity index (χ2v) is 5.42. The van der Waals surface area contributed by atoms with Crippen molar-refractivity contribution in [2.75, 3.05) is 11.9 Å². The summed E-state index contributed by atoms with van der Waals surface area (Å²) in [4.78, 5) is 13.3. The van der Waals surface area contributed by atoms with E-state index in [4.69, 9.17) is 0 Å². The zero-order valence-electron chi connectivity index (χ0n) is 13.0. The first-order valence-corrected chi connectivity index (χ1v) is 7.02. The minimum Gasteiger partial charge on any atom is -0.326 e. The Kier molecular flexibility index (Phi) is 6.27. The van der Waals surface area contributed by atoms with E-state index >= 15 is 0 Å². The molecule has 0 bridgehead atoms. The SMILES string of the molecule is CC(=O)Nc1ccc(C#CCN(C(C)C)C(C)C)cc1. The lowest BCUT2D eigenvalue weighted by Gasteiger charge is -2.28. The van der Waals surface area contributed by atoms with Crippen LogP contribution in [0.25, 0.3) is 0 Å². The van der Waals surface area contributed by atoms with Gasteiger partial charge in [0.2, 0.25) is 5.91 Å². The van der Waals surface area contributed by atoms with Crippen LogP contribution in [0.3, 0.4) is 0 Å². The standard InChI is InChI=1S/C17H24N2O/c1-13(2)19(14(3)4)12-6-7-16-8-10-17(11-9-16)18-15(5)20/h8-11,13-14H,12H2,1-5H3,(H,18,20). The van der Waals surface area contributed by atoms with Crippen LogP contribution in [0.15, 0.2) is 24.3 Å². The Balaban J connectivity index is 2.65. The van der Waals surface area contributed by atoms with Gasteiger partial charge in [0, 0.05) is 30.3 Å². The van der Waals surface area contributed by atoms with E-state index < -0.39 is 0 Å². The molecule has 1 aromatic carbocycles. The van der Waals surface area contributed by atoms with Gasteiger partial charge < -0.3 is 5.32 Å². The normalized spacial score (nSPS) is 10.6. The van der Waals surface area contributed by atoms with E-state index in [1.807, 2.05) is 24.3 Å². The summed E-state index contributed by atoms with van der Waals surface area (Å²) in [5.74, 6) is 6.31. The first-order chi connectivity index (χ1) is 9.40. The highest BCUT2D eigenvalue weighted by Gasteiger charge is 2.10. The van der Waals surface area contributed by atoms with Gasteiger partial charge in [0.15, 0.2) is 0 Å². The number of carbonyl (C=O) groups excluding carboxylic acids is 1. The molecule has 1 N–H and O–H groups in total. The molecule has 20 heavy (non-hydrogen) atoms. The van der Waals surface area contributed by atoms with Gasteiger partial charge in [-0.15, -0.1) is 0 Å². The second-order valence-electron chi connectivity index (χ2n) is 5.42. The average Bonchev–Trinajstić information content (AvgIpc) is 2.35. The Hall–Kier alpha value is -1.79. The van der Waals surface area contributed by atoms with Crippen molar-refractivity contribution in [2.45, 2.75) is 46.7 Å². The molecule has 0 radical (unpaired) electrons. The summed E-state index contributed by atoms with van der Waals surface area (Å²) < 4.78 is 0. The summed E-state index contributed by atoms with van der Waals surface area (Å²) in [6.45, 7) is 11.0. The highest BCUT2D eigenvalue weighted by atomic mass is 16.1. The molecular formula is C17H24N2O. The number of nitrogens with zero attached hydrogens (tertiary/aromatic N) is 1. The summed E-state index contributed by atoms with van der Waals surface area (Å²) in [7, 11) is 0. The van der Waals surface area contributed by atoms with E-state index in [-0.39, 0.29) is 5.91 Å². The van der Waals surface area contributed by atoms with E-state index in [1.54, 1.807) is 0 Å². The molecule has 0 saturated carbocycles. The molecule has 0 aliphatic rings. The molecule has 0 fully saturated rings. The molecule has 0 aliphatic heterocycles. The smallest absolute Gasteiger partial charge is 0.221 e. The number of carbonyl (C=O) groups is 1. The van der Waals surface area contributed by atoms with Gasteiger partial charge in [-0.25, -0.2) is 0 Å². The molecule has 0 aliphatic carbocycles. The third-order valence-electron chi connectivity index (χ3n) is 3.03. The van der Waals surface area contributed by atoms with Crippen molar-refractivity contribution in [2.24, 2.45) is 0 Å². The molecule has 0 spiro atoms. The van der Waals surface area contributed by atoms with Crippen molar-refractivity contribution in [3.63, 3.8) is 0 Å². The second kappa shape index (κ2) is 7.72.